The van der Waals surface area contributed by atoms with Crippen LogP contribution in [-0.2, 0) is 15.8 Å². The van der Waals surface area contributed by atoms with Gasteiger partial charge in [0.15, 0.2) is 0 Å². The Morgan fingerprint density at radius 1 is 1.32 bits per heavy atom. The molecule has 106 valence electrons. The highest BCUT2D eigenvalue weighted by Crippen LogP contribution is 2.32. The summed E-state index contributed by atoms with van der Waals surface area (Å²) in [6.45, 7) is -0.119. The number of hydrogen-bond acceptors (Lipinski definition) is 4. The largest absolute Gasteiger partial charge is 0.508 e. The summed E-state index contributed by atoms with van der Waals surface area (Å²) in [4.78, 5) is 28.8. The Kier molecular flexibility index (Phi) is 5.50. The van der Waals surface area contributed by atoms with Gasteiger partial charge in [-0.15, -0.1) is 0 Å². The number of carbonyl (C=O) groups excluding carboxylic acids is 1. The molecular weight excluding hydrogens is 271 g/mol. The molecule has 19 heavy (non-hydrogen) atoms. The van der Waals surface area contributed by atoms with E-state index in [4.69, 9.17) is 20.6 Å². The Labute approximate surface area is 110 Å². The highest BCUT2D eigenvalue weighted by Gasteiger charge is 2.16. The molecule has 0 aliphatic carbocycles. The van der Waals surface area contributed by atoms with Crippen molar-refractivity contribution in [3.05, 3.63) is 29.8 Å². The molecule has 0 fully saturated rings. The molecule has 0 aliphatic rings. The van der Waals surface area contributed by atoms with Gasteiger partial charge in [0.05, 0.1) is 12.2 Å². The number of phenols is 1. The zero-order valence-electron chi connectivity index (χ0n) is 10.2. The number of nitrogens with two attached hydrogens (primary N) is 1. The van der Waals surface area contributed by atoms with Crippen LogP contribution in [0.15, 0.2) is 24.3 Å². The predicted octanol–water partition coefficient (Wildman–Crippen LogP) is -0.444. The third-order valence-electron chi connectivity index (χ3n) is 2.43. The van der Waals surface area contributed by atoms with E-state index in [0.29, 0.717) is 0 Å². The third-order valence-corrected chi connectivity index (χ3v) is 3.24. The van der Waals surface area contributed by atoms with Gasteiger partial charge < -0.3 is 25.9 Å². The summed E-state index contributed by atoms with van der Waals surface area (Å²) in [5, 5.41) is 11.5. The number of rotatable bonds is 6. The first-order valence-electron chi connectivity index (χ1n) is 5.64. The first-order chi connectivity index (χ1) is 8.78. The topological polar surface area (TPSA) is 133 Å². The first kappa shape index (κ1) is 15.7. The van der Waals surface area contributed by atoms with Crippen molar-refractivity contribution in [1.82, 2.24) is 5.32 Å². The molecule has 0 aliphatic heterocycles. The number of hydrogen-bond donors (Lipinski definition) is 5. The minimum Gasteiger partial charge on any atom is -0.508 e. The van der Waals surface area contributed by atoms with E-state index in [1.54, 1.807) is 12.1 Å². The molecule has 1 atom stereocenters. The van der Waals surface area contributed by atoms with E-state index in [1.165, 1.54) is 12.1 Å². The van der Waals surface area contributed by atoms with E-state index < -0.39 is 25.7 Å². The SMILES string of the molecule is N[C@@H](Cc1ccc(O)cc1)C(=O)NCCP(=O)(O)O. The summed E-state index contributed by atoms with van der Waals surface area (Å²) in [5.41, 5.74) is 6.46. The van der Waals surface area contributed by atoms with Crippen molar-refractivity contribution in [2.24, 2.45) is 5.73 Å². The molecule has 7 nitrogen and oxygen atoms in total. The fourth-order valence-electron chi connectivity index (χ4n) is 1.43. The van der Waals surface area contributed by atoms with Crippen molar-refractivity contribution < 1.29 is 24.3 Å². The summed E-state index contributed by atoms with van der Waals surface area (Å²) in [6, 6.07) is 5.49. The van der Waals surface area contributed by atoms with Crippen LogP contribution in [0.5, 0.6) is 5.75 Å². The molecular formula is C11H17N2O5P. The van der Waals surface area contributed by atoms with Gasteiger partial charge in [0, 0.05) is 6.54 Å². The van der Waals surface area contributed by atoms with Crippen LogP contribution in [0.4, 0.5) is 0 Å². The maximum atomic E-state index is 11.6. The Balaban J connectivity index is 2.40. The Hall–Kier alpha value is -1.40. The zero-order valence-corrected chi connectivity index (χ0v) is 11.1. The lowest BCUT2D eigenvalue weighted by atomic mass is 10.1. The van der Waals surface area contributed by atoms with Crippen LogP contribution in [0.25, 0.3) is 0 Å². The van der Waals surface area contributed by atoms with Crippen LogP contribution in [0.1, 0.15) is 5.56 Å². The minimum atomic E-state index is -4.11. The second-order valence-electron chi connectivity index (χ2n) is 4.16. The van der Waals surface area contributed by atoms with Gasteiger partial charge in [0.2, 0.25) is 5.91 Å². The second-order valence-corrected chi connectivity index (χ2v) is 5.93. The lowest BCUT2D eigenvalue weighted by molar-refractivity contribution is -0.122. The third kappa shape index (κ3) is 6.35. The lowest BCUT2D eigenvalue weighted by Crippen LogP contribution is -2.42. The smallest absolute Gasteiger partial charge is 0.327 e. The van der Waals surface area contributed by atoms with Crippen LogP contribution >= 0.6 is 7.60 Å². The van der Waals surface area contributed by atoms with Crippen LogP contribution in [0, 0.1) is 0 Å². The number of amides is 1. The number of benzene rings is 1. The molecule has 0 spiro atoms. The molecule has 0 radical (unpaired) electrons. The van der Waals surface area contributed by atoms with Gasteiger partial charge >= 0.3 is 7.60 Å². The molecule has 1 rings (SSSR count). The molecule has 0 saturated heterocycles. The van der Waals surface area contributed by atoms with Crippen LogP contribution in [0.2, 0.25) is 0 Å². The van der Waals surface area contributed by atoms with Crippen LogP contribution < -0.4 is 11.1 Å². The Morgan fingerprint density at radius 3 is 2.42 bits per heavy atom. The predicted molar refractivity (Wildman–Crippen MR) is 69.7 cm³/mol. The highest BCUT2D eigenvalue weighted by molar-refractivity contribution is 7.51. The molecule has 0 saturated carbocycles. The second kappa shape index (κ2) is 6.68. The van der Waals surface area contributed by atoms with Gasteiger partial charge in [0.25, 0.3) is 0 Å². The highest BCUT2D eigenvalue weighted by atomic mass is 31.2. The number of carbonyl (C=O) groups is 1. The fraction of sp³-hybridized carbons (Fsp3) is 0.364. The molecule has 8 heteroatoms. The standard InChI is InChI=1S/C11H17N2O5P/c12-10(7-8-1-3-9(14)4-2-8)11(15)13-5-6-19(16,17)18/h1-4,10,14H,5-7,12H2,(H,13,15)(H2,16,17,18)/t10-/m0/s1. The van der Waals surface area contributed by atoms with Crippen molar-refractivity contribution in [2.75, 3.05) is 12.7 Å². The van der Waals surface area contributed by atoms with Gasteiger partial charge in [-0.2, -0.15) is 0 Å². The first-order valence-corrected chi connectivity index (χ1v) is 7.43. The average molecular weight is 288 g/mol. The fourth-order valence-corrected chi connectivity index (χ4v) is 1.84. The van der Waals surface area contributed by atoms with Crippen molar-refractivity contribution >= 4 is 13.5 Å². The normalized spacial score (nSPS) is 13.0. The van der Waals surface area contributed by atoms with Crippen molar-refractivity contribution in [3.8, 4) is 5.75 Å². The molecule has 1 aromatic carbocycles. The van der Waals surface area contributed by atoms with Crippen molar-refractivity contribution in [1.29, 1.82) is 0 Å². The maximum absolute atomic E-state index is 11.6. The van der Waals surface area contributed by atoms with Crippen molar-refractivity contribution in [2.45, 2.75) is 12.5 Å². The van der Waals surface area contributed by atoms with Gasteiger partial charge in [-0.25, -0.2) is 0 Å². The van der Waals surface area contributed by atoms with Gasteiger partial charge in [-0.1, -0.05) is 12.1 Å². The quantitative estimate of drug-likeness (QED) is 0.450. The maximum Gasteiger partial charge on any atom is 0.327 e. The van der Waals surface area contributed by atoms with Crippen LogP contribution in [-0.4, -0.2) is 39.5 Å². The molecule has 1 amide bonds. The van der Waals surface area contributed by atoms with E-state index in [0.717, 1.165) is 5.56 Å². The molecule has 0 unspecified atom stereocenters. The zero-order chi connectivity index (χ0) is 14.5. The van der Waals surface area contributed by atoms with E-state index >= 15 is 0 Å². The molecule has 0 bridgehead atoms. The molecule has 0 aromatic heterocycles. The van der Waals surface area contributed by atoms with E-state index in [-0.39, 0.29) is 18.7 Å². The monoisotopic (exact) mass is 288 g/mol. The molecule has 6 N–H and O–H groups in total. The van der Waals surface area contributed by atoms with E-state index in [9.17, 15) is 9.36 Å². The number of phenolic OH excluding ortho intramolecular Hbond substituents is 1. The lowest BCUT2D eigenvalue weighted by Gasteiger charge is -2.12. The Morgan fingerprint density at radius 2 is 1.89 bits per heavy atom. The van der Waals surface area contributed by atoms with E-state index in [2.05, 4.69) is 5.32 Å². The Bertz CT molecular complexity index is 470. The minimum absolute atomic E-state index is 0.119. The molecule has 0 heterocycles. The number of nitrogens with one attached hydrogen (secondary N) is 1. The van der Waals surface area contributed by atoms with Crippen LogP contribution in [0.3, 0.4) is 0 Å². The van der Waals surface area contributed by atoms with Gasteiger partial charge in [-0.3, -0.25) is 9.36 Å². The average Bonchev–Trinajstić information content (AvgIpc) is 2.30. The number of aromatic hydroxyl groups is 1. The molecule has 1 aromatic rings. The van der Waals surface area contributed by atoms with E-state index in [1.807, 2.05) is 0 Å². The van der Waals surface area contributed by atoms with Gasteiger partial charge in [-0.05, 0) is 24.1 Å². The van der Waals surface area contributed by atoms with Gasteiger partial charge in [0.1, 0.15) is 5.75 Å². The summed E-state index contributed by atoms with van der Waals surface area (Å²) < 4.78 is 10.6. The summed E-state index contributed by atoms with van der Waals surface area (Å²) in [7, 11) is -4.11. The summed E-state index contributed by atoms with van der Waals surface area (Å²) >= 11 is 0. The summed E-state index contributed by atoms with van der Waals surface area (Å²) in [6.07, 6.45) is -0.132. The van der Waals surface area contributed by atoms with Crippen molar-refractivity contribution in [3.63, 3.8) is 0 Å². The summed E-state index contributed by atoms with van der Waals surface area (Å²) in [5.74, 6) is -0.343.